The van der Waals surface area contributed by atoms with E-state index in [1.54, 1.807) is 0 Å². The summed E-state index contributed by atoms with van der Waals surface area (Å²) in [5.41, 5.74) is 0. The molecular weight excluding hydrogens is 152 g/mol. The summed E-state index contributed by atoms with van der Waals surface area (Å²) < 4.78 is 0. The molecule has 0 amide bonds. The third-order valence-corrected chi connectivity index (χ3v) is 2.59. The third-order valence-electron chi connectivity index (χ3n) is 2.59. The summed E-state index contributed by atoms with van der Waals surface area (Å²) in [7, 11) is 0. The van der Waals surface area contributed by atoms with E-state index in [4.69, 9.17) is 5.11 Å². The summed E-state index contributed by atoms with van der Waals surface area (Å²) in [4.78, 5) is 10.6. The fourth-order valence-corrected chi connectivity index (χ4v) is 1.83. The Morgan fingerprint density at radius 1 is 1.33 bits per heavy atom. The van der Waals surface area contributed by atoms with Crippen molar-refractivity contribution in [3.63, 3.8) is 0 Å². The summed E-state index contributed by atoms with van der Waals surface area (Å²) in [5, 5.41) is 8.74. The van der Waals surface area contributed by atoms with Crippen molar-refractivity contribution in [1.82, 2.24) is 0 Å². The van der Waals surface area contributed by atoms with Gasteiger partial charge in [-0.25, -0.2) is 0 Å². The van der Waals surface area contributed by atoms with Gasteiger partial charge in [-0.2, -0.15) is 0 Å². The van der Waals surface area contributed by atoms with Crippen LogP contribution >= 0.6 is 0 Å². The normalized spacial score (nSPS) is 30.8. The molecule has 0 aromatic rings. The molecule has 1 aliphatic carbocycles. The topological polar surface area (TPSA) is 37.3 Å². The van der Waals surface area contributed by atoms with Crippen molar-refractivity contribution in [1.29, 1.82) is 0 Å². The van der Waals surface area contributed by atoms with Gasteiger partial charge in [-0.3, -0.25) is 4.79 Å². The predicted octanol–water partition coefficient (Wildman–Crippen LogP) is 2.45. The zero-order valence-electron chi connectivity index (χ0n) is 7.49. The van der Waals surface area contributed by atoms with Crippen LogP contribution in [0.3, 0.4) is 0 Å². The minimum absolute atomic E-state index is 0.0773. The lowest BCUT2D eigenvalue weighted by atomic mass is 9.82. The Hall–Kier alpha value is -0.790. The van der Waals surface area contributed by atoms with E-state index < -0.39 is 5.97 Å². The van der Waals surface area contributed by atoms with Crippen molar-refractivity contribution in [3.8, 4) is 0 Å². The van der Waals surface area contributed by atoms with E-state index in [9.17, 15) is 4.79 Å². The van der Waals surface area contributed by atoms with Gasteiger partial charge in [0.25, 0.3) is 0 Å². The maximum atomic E-state index is 10.6. The van der Waals surface area contributed by atoms with Crippen LogP contribution in [-0.2, 0) is 4.79 Å². The quantitative estimate of drug-likeness (QED) is 0.643. The molecule has 1 N–H and O–H groups in total. The second-order valence-electron chi connectivity index (χ2n) is 3.48. The molecule has 68 valence electrons. The minimum atomic E-state index is -0.617. The maximum absolute atomic E-state index is 10.6. The molecule has 0 bridgehead atoms. The smallest absolute Gasteiger partial charge is 0.306 e. The second kappa shape index (κ2) is 4.29. The Balaban J connectivity index is 2.34. The highest BCUT2D eigenvalue weighted by Gasteiger charge is 2.24. The molecular formula is C10H16O2. The lowest BCUT2D eigenvalue weighted by Crippen LogP contribution is -2.20. The van der Waals surface area contributed by atoms with Crippen LogP contribution in [0.2, 0.25) is 0 Å². The molecule has 1 saturated carbocycles. The third kappa shape index (κ3) is 2.36. The van der Waals surface area contributed by atoms with E-state index in [0.29, 0.717) is 5.92 Å². The van der Waals surface area contributed by atoms with Gasteiger partial charge in [0.1, 0.15) is 0 Å². The van der Waals surface area contributed by atoms with Gasteiger partial charge in [0.2, 0.25) is 0 Å². The van der Waals surface area contributed by atoms with Crippen LogP contribution in [0.25, 0.3) is 0 Å². The SMILES string of the molecule is CC=C[C@H]1CC[C@H](C(=O)O)CC1. The molecule has 1 aliphatic rings. The van der Waals surface area contributed by atoms with Gasteiger partial charge < -0.3 is 5.11 Å². The molecule has 0 atom stereocenters. The Labute approximate surface area is 73.3 Å². The number of aliphatic carboxylic acids is 1. The van der Waals surface area contributed by atoms with Gasteiger partial charge in [-0.05, 0) is 38.5 Å². The van der Waals surface area contributed by atoms with Gasteiger partial charge in [0.05, 0.1) is 5.92 Å². The molecule has 1 fully saturated rings. The van der Waals surface area contributed by atoms with Gasteiger partial charge >= 0.3 is 5.97 Å². The Kier molecular flexibility index (Phi) is 3.32. The summed E-state index contributed by atoms with van der Waals surface area (Å²) in [6.07, 6.45) is 8.04. The molecule has 2 heteroatoms. The van der Waals surface area contributed by atoms with Crippen LogP contribution in [0, 0.1) is 11.8 Å². The first-order chi connectivity index (χ1) is 5.74. The highest BCUT2D eigenvalue weighted by atomic mass is 16.4. The van der Waals surface area contributed by atoms with Gasteiger partial charge in [0, 0.05) is 0 Å². The first-order valence-electron chi connectivity index (χ1n) is 4.59. The summed E-state index contributed by atoms with van der Waals surface area (Å²) in [6, 6.07) is 0. The van der Waals surface area contributed by atoms with Crippen LogP contribution in [0.4, 0.5) is 0 Å². The van der Waals surface area contributed by atoms with Gasteiger partial charge in [-0.1, -0.05) is 12.2 Å². The molecule has 0 heterocycles. The first-order valence-corrected chi connectivity index (χ1v) is 4.59. The number of rotatable bonds is 2. The van der Waals surface area contributed by atoms with E-state index >= 15 is 0 Å². The van der Waals surface area contributed by atoms with E-state index in [2.05, 4.69) is 12.2 Å². The largest absolute Gasteiger partial charge is 0.481 e. The summed E-state index contributed by atoms with van der Waals surface area (Å²) in [6.45, 7) is 2.02. The molecule has 1 rings (SSSR count). The van der Waals surface area contributed by atoms with Crippen molar-refractivity contribution in [2.45, 2.75) is 32.6 Å². The monoisotopic (exact) mass is 168 g/mol. The Morgan fingerprint density at radius 3 is 2.33 bits per heavy atom. The summed E-state index contributed by atoms with van der Waals surface area (Å²) in [5.74, 6) is -0.0639. The lowest BCUT2D eigenvalue weighted by molar-refractivity contribution is -0.142. The minimum Gasteiger partial charge on any atom is -0.481 e. The van der Waals surface area contributed by atoms with Crippen molar-refractivity contribution >= 4 is 5.97 Å². The fourth-order valence-electron chi connectivity index (χ4n) is 1.83. The number of allylic oxidation sites excluding steroid dienone is 2. The average molecular weight is 168 g/mol. The van der Waals surface area contributed by atoms with E-state index in [0.717, 1.165) is 25.7 Å². The molecule has 0 spiro atoms. The molecule has 0 aliphatic heterocycles. The molecule has 0 unspecified atom stereocenters. The molecule has 0 aromatic heterocycles. The second-order valence-corrected chi connectivity index (χ2v) is 3.48. The van der Waals surface area contributed by atoms with Crippen LogP contribution in [-0.4, -0.2) is 11.1 Å². The Morgan fingerprint density at radius 2 is 1.92 bits per heavy atom. The maximum Gasteiger partial charge on any atom is 0.306 e. The van der Waals surface area contributed by atoms with Gasteiger partial charge in [0.15, 0.2) is 0 Å². The number of hydrogen-bond acceptors (Lipinski definition) is 1. The Bertz CT molecular complexity index is 176. The zero-order valence-corrected chi connectivity index (χ0v) is 7.49. The standard InChI is InChI=1S/C10H16O2/c1-2-3-8-4-6-9(7-5-8)10(11)12/h2-3,8-9H,4-7H2,1H3,(H,11,12)/t8-,9-. The van der Waals surface area contributed by atoms with E-state index in [1.165, 1.54) is 0 Å². The van der Waals surface area contributed by atoms with Crippen LogP contribution < -0.4 is 0 Å². The fraction of sp³-hybridized carbons (Fsp3) is 0.700. The summed E-state index contributed by atoms with van der Waals surface area (Å²) >= 11 is 0. The highest BCUT2D eigenvalue weighted by molar-refractivity contribution is 5.70. The van der Waals surface area contributed by atoms with Gasteiger partial charge in [-0.15, -0.1) is 0 Å². The molecule has 0 aromatic carbocycles. The molecule has 12 heavy (non-hydrogen) atoms. The van der Waals surface area contributed by atoms with Crippen molar-refractivity contribution in [2.75, 3.05) is 0 Å². The number of carboxylic acids is 1. The van der Waals surface area contributed by atoms with Crippen LogP contribution in [0.15, 0.2) is 12.2 Å². The zero-order chi connectivity index (χ0) is 8.97. The number of carbonyl (C=O) groups is 1. The lowest BCUT2D eigenvalue weighted by Gasteiger charge is -2.23. The van der Waals surface area contributed by atoms with Crippen LogP contribution in [0.1, 0.15) is 32.6 Å². The van der Waals surface area contributed by atoms with Crippen LogP contribution in [0.5, 0.6) is 0 Å². The molecule has 2 nitrogen and oxygen atoms in total. The average Bonchev–Trinajstić information content (AvgIpc) is 2.06. The van der Waals surface area contributed by atoms with E-state index in [1.807, 2.05) is 6.92 Å². The number of carboxylic acid groups (broad SMARTS) is 1. The van der Waals surface area contributed by atoms with Crippen molar-refractivity contribution in [2.24, 2.45) is 11.8 Å². The predicted molar refractivity (Wildman–Crippen MR) is 47.9 cm³/mol. The highest BCUT2D eigenvalue weighted by Crippen LogP contribution is 2.29. The molecule has 0 saturated heterocycles. The van der Waals surface area contributed by atoms with Crippen molar-refractivity contribution in [3.05, 3.63) is 12.2 Å². The number of hydrogen-bond donors (Lipinski definition) is 1. The first kappa shape index (κ1) is 9.30. The van der Waals surface area contributed by atoms with Crippen molar-refractivity contribution < 1.29 is 9.90 Å². The van der Waals surface area contributed by atoms with E-state index in [-0.39, 0.29) is 5.92 Å². The molecule has 0 radical (unpaired) electrons.